The minimum Gasteiger partial charge on any atom is -0.354 e. The van der Waals surface area contributed by atoms with Crippen molar-refractivity contribution < 1.29 is 0 Å². The highest BCUT2D eigenvalue weighted by Crippen LogP contribution is 2.29. The molecule has 1 aliphatic heterocycles. The zero-order chi connectivity index (χ0) is 11.5. The number of aromatic nitrogens is 1. The van der Waals surface area contributed by atoms with E-state index >= 15 is 0 Å². The van der Waals surface area contributed by atoms with Gasteiger partial charge in [-0.25, -0.2) is 4.98 Å². The van der Waals surface area contributed by atoms with Gasteiger partial charge in [0.25, 0.3) is 0 Å². The fourth-order valence-electron chi connectivity index (χ4n) is 2.39. The molecule has 0 bridgehead atoms. The summed E-state index contributed by atoms with van der Waals surface area (Å²) in [4.78, 5) is 7.00. The predicted octanol–water partition coefficient (Wildman–Crippen LogP) is 2.35. The molecule has 0 aromatic carbocycles. The summed E-state index contributed by atoms with van der Waals surface area (Å²) in [6, 6.07) is 5.18. The number of pyridine rings is 1. The largest absolute Gasteiger partial charge is 0.354 e. The highest BCUT2D eigenvalue weighted by Gasteiger charge is 2.24. The Morgan fingerprint density at radius 2 is 2.38 bits per heavy atom. The Morgan fingerprint density at radius 3 is 3.00 bits per heavy atom. The predicted molar refractivity (Wildman–Crippen MR) is 67.8 cm³/mol. The van der Waals surface area contributed by atoms with Crippen molar-refractivity contribution in [3.05, 3.63) is 23.9 Å². The molecule has 3 heteroatoms. The van der Waals surface area contributed by atoms with E-state index in [9.17, 15) is 0 Å². The van der Waals surface area contributed by atoms with Crippen LogP contribution in [0.5, 0.6) is 0 Å². The van der Waals surface area contributed by atoms with Crippen LogP contribution in [0.3, 0.4) is 0 Å². The number of nitrogens with one attached hydrogen (secondary N) is 1. The Bertz CT molecular complexity index is 351. The summed E-state index contributed by atoms with van der Waals surface area (Å²) in [6.45, 7) is 5.61. The van der Waals surface area contributed by atoms with Crippen LogP contribution in [0.4, 0.5) is 5.82 Å². The summed E-state index contributed by atoms with van der Waals surface area (Å²) < 4.78 is 0. The monoisotopic (exact) mass is 219 g/mol. The summed E-state index contributed by atoms with van der Waals surface area (Å²) in [5.41, 5.74) is 1.30. The van der Waals surface area contributed by atoms with Crippen LogP contribution in [-0.4, -0.2) is 24.6 Å². The molecule has 16 heavy (non-hydrogen) atoms. The Balaban J connectivity index is 2.32. The van der Waals surface area contributed by atoms with Crippen molar-refractivity contribution in [2.45, 2.75) is 38.8 Å². The van der Waals surface area contributed by atoms with Crippen LogP contribution in [0, 0.1) is 0 Å². The van der Waals surface area contributed by atoms with Crippen molar-refractivity contribution in [3.8, 4) is 0 Å². The molecule has 0 saturated carbocycles. The fraction of sp³-hybridized carbons (Fsp3) is 0.615. The third-order valence-electron chi connectivity index (χ3n) is 3.54. The molecule has 88 valence electrons. The molecule has 0 amide bonds. The highest BCUT2D eigenvalue weighted by atomic mass is 15.2. The smallest absolute Gasteiger partial charge is 0.133 e. The molecule has 1 aliphatic rings. The van der Waals surface area contributed by atoms with E-state index in [0.717, 1.165) is 12.4 Å². The number of anilines is 1. The summed E-state index contributed by atoms with van der Waals surface area (Å²) in [5, 5.41) is 3.29. The second-order valence-electron chi connectivity index (χ2n) is 4.61. The second-order valence-corrected chi connectivity index (χ2v) is 4.61. The Labute approximate surface area is 97.9 Å². The molecule has 1 saturated heterocycles. The van der Waals surface area contributed by atoms with Gasteiger partial charge in [-0.1, -0.05) is 6.07 Å². The molecule has 1 fully saturated rings. The molecule has 2 heterocycles. The summed E-state index contributed by atoms with van der Waals surface area (Å²) in [6.07, 6.45) is 4.46. The number of hydrogen-bond acceptors (Lipinski definition) is 3. The van der Waals surface area contributed by atoms with Crippen LogP contribution in [0.2, 0.25) is 0 Å². The lowest BCUT2D eigenvalue weighted by Gasteiger charge is -2.26. The van der Waals surface area contributed by atoms with E-state index in [1.807, 2.05) is 19.3 Å². The maximum Gasteiger partial charge on any atom is 0.133 e. The molecule has 0 spiro atoms. The van der Waals surface area contributed by atoms with Gasteiger partial charge in [0.1, 0.15) is 5.82 Å². The molecule has 3 nitrogen and oxygen atoms in total. The van der Waals surface area contributed by atoms with Gasteiger partial charge in [0.05, 0.1) is 0 Å². The van der Waals surface area contributed by atoms with Crippen molar-refractivity contribution in [1.29, 1.82) is 0 Å². The average molecular weight is 219 g/mol. The van der Waals surface area contributed by atoms with Crippen LogP contribution >= 0.6 is 0 Å². The minimum atomic E-state index is 0.358. The molecule has 0 radical (unpaired) electrons. The number of rotatable bonds is 3. The van der Waals surface area contributed by atoms with Gasteiger partial charge in [-0.3, -0.25) is 0 Å². The van der Waals surface area contributed by atoms with Crippen molar-refractivity contribution in [2.24, 2.45) is 0 Å². The lowest BCUT2D eigenvalue weighted by atomic mass is 10.1. The van der Waals surface area contributed by atoms with E-state index in [2.05, 4.69) is 35.1 Å². The van der Waals surface area contributed by atoms with Crippen LogP contribution < -0.4 is 10.2 Å². The summed E-state index contributed by atoms with van der Waals surface area (Å²) in [5.74, 6) is 1.16. The second kappa shape index (κ2) is 4.83. The van der Waals surface area contributed by atoms with Crippen LogP contribution in [0.1, 0.15) is 38.3 Å². The zero-order valence-corrected chi connectivity index (χ0v) is 10.4. The topological polar surface area (TPSA) is 28.2 Å². The van der Waals surface area contributed by atoms with E-state index in [4.69, 9.17) is 0 Å². The number of hydrogen-bond donors (Lipinski definition) is 1. The van der Waals surface area contributed by atoms with Gasteiger partial charge < -0.3 is 10.2 Å². The van der Waals surface area contributed by atoms with Gasteiger partial charge >= 0.3 is 0 Å². The van der Waals surface area contributed by atoms with Crippen LogP contribution in [-0.2, 0) is 0 Å². The molecular weight excluding hydrogens is 198 g/mol. The maximum atomic E-state index is 4.57. The molecule has 1 aromatic rings. The van der Waals surface area contributed by atoms with E-state index in [-0.39, 0.29) is 0 Å². The Hall–Kier alpha value is -1.09. The Kier molecular flexibility index (Phi) is 3.44. The van der Waals surface area contributed by atoms with Crippen LogP contribution in [0.15, 0.2) is 18.3 Å². The van der Waals surface area contributed by atoms with Crippen molar-refractivity contribution in [3.63, 3.8) is 0 Å². The highest BCUT2D eigenvalue weighted by molar-refractivity contribution is 5.49. The normalized spacial score (nSPS) is 22.4. The number of nitrogens with zero attached hydrogens (tertiary/aromatic N) is 2. The van der Waals surface area contributed by atoms with E-state index < -0.39 is 0 Å². The van der Waals surface area contributed by atoms with Gasteiger partial charge in [-0.15, -0.1) is 0 Å². The van der Waals surface area contributed by atoms with Gasteiger partial charge in [0, 0.05) is 30.4 Å². The fourth-order valence-corrected chi connectivity index (χ4v) is 2.39. The molecule has 2 atom stereocenters. The van der Waals surface area contributed by atoms with Gasteiger partial charge in [-0.2, -0.15) is 0 Å². The summed E-state index contributed by atoms with van der Waals surface area (Å²) >= 11 is 0. The third-order valence-corrected chi connectivity index (χ3v) is 3.54. The molecule has 1 N–H and O–H groups in total. The first kappa shape index (κ1) is 11.4. The Morgan fingerprint density at radius 1 is 1.56 bits per heavy atom. The first-order valence-electron chi connectivity index (χ1n) is 6.13. The lowest BCUT2D eigenvalue weighted by molar-refractivity contribution is 0.639. The van der Waals surface area contributed by atoms with Gasteiger partial charge in [-0.05, 0) is 39.8 Å². The maximum absolute atomic E-state index is 4.57. The van der Waals surface area contributed by atoms with E-state index in [1.165, 1.54) is 18.4 Å². The SMILES string of the molecule is CNC(C)c1cccnc1N1CCCC1C. The van der Waals surface area contributed by atoms with Crippen molar-refractivity contribution >= 4 is 5.82 Å². The zero-order valence-electron chi connectivity index (χ0n) is 10.4. The summed E-state index contributed by atoms with van der Waals surface area (Å²) in [7, 11) is 1.99. The first-order chi connectivity index (χ1) is 7.74. The first-order valence-corrected chi connectivity index (χ1v) is 6.13. The third kappa shape index (κ3) is 2.05. The molecule has 0 aliphatic carbocycles. The average Bonchev–Trinajstić information content (AvgIpc) is 2.74. The van der Waals surface area contributed by atoms with Crippen LogP contribution in [0.25, 0.3) is 0 Å². The van der Waals surface area contributed by atoms with Gasteiger partial charge in [0.2, 0.25) is 0 Å². The molecular formula is C13H21N3. The van der Waals surface area contributed by atoms with E-state index in [1.54, 1.807) is 0 Å². The molecule has 1 aromatic heterocycles. The van der Waals surface area contributed by atoms with Gasteiger partial charge in [0.15, 0.2) is 0 Å². The minimum absolute atomic E-state index is 0.358. The molecule has 2 rings (SSSR count). The van der Waals surface area contributed by atoms with Crippen molar-refractivity contribution in [1.82, 2.24) is 10.3 Å². The van der Waals surface area contributed by atoms with E-state index in [0.29, 0.717) is 12.1 Å². The molecule has 2 unspecified atom stereocenters. The standard InChI is InChI=1S/C13H21N3/c1-10-6-5-9-16(10)13-12(11(2)14-3)7-4-8-15-13/h4,7-8,10-11,14H,5-6,9H2,1-3H3. The lowest BCUT2D eigenvalue weighted by Crippen LogP contribution is -2.29. The van der Waals surface area contributed by atoms with Crippen molar-refractivity contribution in [2.75, 3.05) is 18.5 Å². The quantitative estimate of drug-likeness (QED) is 0.846.